The van der Waals surface area contributed by atoms with Gasteiger partial charge in [0, 0.05) is 11.6 Å². The molecule has 0 spiro atoms. The molecule has 0 heterocycles. The maximum Gasteiger partial charge on any atom is 0.320 e. The first-order valence-electron chi connectivity index (χ1n) is 4.88. The third kappa shape index (κ3) is 3.74. The van der Waals surface area contributed by atoms with E-state index in [1.54, 1.807) is 26.4 Å². The first-order chi connectivity index (χ1) is 8.12. The molecule has 0 saturated carbocycles. The van der Waals surface area contributed by atoms with Crippen LogP contribution in [-0.4, -0.2) is 26.7 Å². The number of methoxy groups -OCH3 is 2. The van der Waals surface area contributed by atoms with Crippen molar-refractivity contribution in [3.8, 4) is 11.5 Å². The van der Waals surface area contributed by atoms with Gasteiger partial charge >= 0.3 is 5.97 Å². The predicted molar refractivity (Wildman–Crippen MR) is 71.1 cm³/mol. The maximum atomic E-state index is 11.0. The Morgan fingerprint density at radius 2 is 2.06 bits per heavy atom. The van der Waals surface area contributed by atoms with E-state index in [2.05, 4.69) is 22.6 Å². The van der Waals surface area contributed by atoms with Gasteiger partial charge in [-0.3, -0.25) is 4.79 Å². The number of hydrogen-bond donors (Lipinski definition) is 1. The Morgan fingerprint density at radius 3 is 2.59 bits per heavy atom. The monoisotopic (exact) mass is 351 g/mol. The molecule has 0 saturated heterocycles. The fourth-order valence-electron chi connectivity index (χ4n) is 1.22. The SMILES string of the molecule is COc1cc(COC(=O)CN)c(I)c(OC)c1. The van der Waals surface area contributed by atoms with Crippen molar-refractivity contribution in [3.63, 3.8) is 0 Å². The van der Waals surface area contributed by atoms with E-state index in [0.717, 1.165) is 9.13 Å². The molecule has 0 aliphatic carbocycles. The predicted octanol–water partition coefficient (Wildman–Crippen LogP) is 1.31. The van der Waals surface area contributed by atoms with Gasteiger partial charge in [-0.05, 0) is 28.7 Å². The maximum absolute atomic E-state index is 11.0. The summed E-state index contributed by atoms with van der Waals surface area (Å²) in [5.74, 6) is 0.896. The number of benzene rings is 1. The minimum Gasteiger partial charge on any atom is -0.497 e. The standard InChI is InChI=1S/C11H14INO4/c1-15-8-3-7(6-17-10(14)5-13)11(12)9(4-8)16-2/h3-4H,5-6,13H2,1-2H3. The average molecular weight is 351 g/mol. The Balaban J connectivity index is 2.93. The molecule has 0 atom stereocenters. The summed E-state index contributed by atoms with van der Waals surface area (Å²) in [5, 5.41) is 0. The second-order valence-corrected chi connectivity index (χ2v) is 4.25. The van der Waals surface area contributed by atoms with Crippen molar-refractivity contribution in [1.29, 1.82) is 0 Å². The zero-order valence-corrected chi connectivity index (χ0v) is 11.8. The lowest BCUT2D eigenvalue weighted by atomic mass is 10.2. The number of carbonyl (C=O) groups excluding carboxylic acids is 1. The first-order valence-corrected chi connectivity index (χ1v) is 5.96. The number of nitrogens with two attached hydrogens (primary N) is 1. The van der Waals surface area contributed by atoms with E-state index in [0.29, 0.717) is 11.5 Å². The summed E-state index contributed by atoms with van der Waals surface area (Å²) < 4.78 is 16.2. The number of esters is 1. The molecule has 0 bridgehead atoms. The van der Waals surface area contributed by atoms with E-state index in [1.807, 2.05) is 0 Å². The number of hydrogen-bond acceptors (Lipinski definition) is 5. The molecular formula is C11H14INO4. The quantitative estimate of drug-likeness (QED) is 0.640. The molecule has 0 unspecified atom stereocenters. The molecule has 94 valence electrons. The molecule has 17 heavy (non-hydrogen) atoms. The first kappa shape index (κ1) is 14.0. The zero-order valence-electron chi connectivity index (χ0n) is 9.66. The molecule has 0 radical (unpaired) electrons. The zero-order chi connectivity index (χ0) is 12.8. The van der Waals surface area contributed by atoms with Crippen LogP contribution >= 0.6 is 22.6 Å². The third-order valence-corrected chi connectivity index (χ3v) is 3.32. The smallest absolute Gasteiger partial charge is 0.320 e. The highest BCUT2D eigenvalue weighted by Gasteiger charge is 2.11. The number of halogens is 1. The molecule has 0 fully saturated rings. The van der Waals surface area contributed by atoms with Crippen molar-refractivity contribution < 1.29 is 19.0 Å². The molecule has 1 aromatic carbocycles. The van der Waals surface area contributed by atoms with Crippen molar-refractivity contribution in [1.82, 2.24) is 0 Å². The second-order valence-electron chi connectivity index (χ2n) is 3.17. The molecule has 2 N–H and O–H groups in total. The van der Waals surface area contributed by atoms with Gasteiger partial charge in [-0.25, -0.2) is 0 Å². The highest BCUT2D eigenvalue weighted by atomic mass is 127. The third-order valence-electron chi connectivity index (χ3n) is 2.10. The van der Waals surface area contributed by atoms with Gasteiger partial charge in [-0.2, -0.15) is 0 Å². The van der Waals surface area contributed by atoms with E-state index in [9.17, 15) is 4.79 Å². The van der Waals surface area contributed by atoms with E-state index in [1.165, 1.54) is 0 Å². The second kappa shape index (κ2) is 6.65. The fraction of sp³-hybridized carbons (Fsp3) is 0.364. The Labute approximate surface area is 113 Å². The lowest BCUT2D eigenvalue weighted by molar-refractivity contribution is -0.143. The Morgan fingerprint density at radius 1 is 1.35 bits per heavy atom. The lowest BCUT2D eigenvalue weighted by Crippen LogP contribution is -2.16. The van der Waals surface area contributed by atoms with E-state index in [4.69, 9.17) is 19.9 Å². The van der Waals surface area contributed by atoms with Crippen molar-refractivity contribution >= 4 is 28.6 Å². The lowest BCUT2D eigenvalue weighted by Gasteiger charge is -2.12. The largest absolute Gasteiger partial charge is 0.497 e. The van der Waals surface area contributed by atoms with Gasteiger partial charge in [0.2, 0.25) is 0 Å². The van der Waals surface area contributed by atoms with Gasteiger partial charge in [0.15, 0.2) is 0 Å². The minimum absolute atomic E-state index is 0.127. The summed E-state index contributed by atoms with van der Waals surface area (Å²) in [5.41, 5.74) is 5.98. The summed E-state index contributed by atoms with van der Waals surface area (Å²) >= 11 is 2.13. The van der Waals surface area contributed by atoms with Gasteiger partial charge in [0.25, 0.3) is 0 Å². The molecule has 6 heteroatoms. The average Bonchev–Trinajstić information content (AvgIpc) is 2.37. The van der Waals surface area contributed by atoms with Crippen molar-refractivity contribution in [2.75, 3.05) is 20.8 Å². The van der Waals surface area contributed by atoms with Crippen LogP contribution in [0.25, 0.3) is 0 Å². The van der Waals surface area contributed by atoms with Crippen LogP contribution in [0.2, 0.25) is 0 Å². The molecule has 0 aliphatic heterocycles. The van der Waals surface area contributed by atoms with Crippen LogP contribution < -0.4 is 15.2 Å². The van der Waals surface area contributed by atoms with Crippen LogP contribution in [0.3, 0.4) is 0 Å². The summed E-state index contributed by atoms with van der Waals surface area (Å²) in [6.07, 6.45) is 0. The summed E-state index contributed by atoms with van der Waals surface area (Å²) in [4.78, 5) is 11.0. The van der Waals surface area contributed by atoms with Crippen molar-refractivity contribution in [2.45, 2.75) is 6.61 Å². The molecule has 0 aliphatic rings. The van der Waals surface area contributed by atoms with Gasteiger partial charge in [-0.15, -0.1) is 0 Å². The topological polar surface area (TPSA) is 70.8 Å². The van der Waals surface area contributed by atoms with E-state index >= 15 is 0 Å². The van der Waals surface area contributed by atoms with Crippen molar-refractivity contribution in [3.05, 3.63) is 21.3 Å². The summed E-state index contributed by atoms with van der Waals surface area (Å²) in [7, 11) is 3.14. The fourth-order valence-corrected chi connectivity index (χ4v) is 1.90. The van der Waals surface area contributed by atoms with Crippen molar-refractivity contribution in [2.24, 2.45) is 5.73 Å². The Hall–Kier alpha value is -1.02. The number of ether oxygens (including phenoxy) is 3. The molecule has 0 aromatic heterocycles. The van der Waals surface area contributed by atoms with E-state index < -0.39 is 5.97 Å². The van der Waals surface area contributed by atoms with Crippen LogP contribution in [0.15, 0.2) is 12.1 Å². The van der Waals surface area contributed by atoms with Gasteiger partial charge in [0.1, 0.15) is 18.1 Å². The summed E-state index contributed by atoms with van der Waals surface area (Å²) in [6.45, 7) is 0.0273. The van der Waals surface area contributed by atoms with Gasteiger partial charge in [0.05, 0.1) is 24.3 Å². The van der Waals surface area contributed by atoms with Gasteiger partial charge < -0.3 is 19.9 Å². The highest BCUT2D eigenvalue weighted by molar-refractivity contribution is 14.1. The Kier molecular flexibility index (Phi) is 5.49. The molecule has 1 aromatic rings. The molecular weight excluding hydrogens is 337 g/mol. The minimum atomic E-state index is -0.442. The van der Waals surface area contributed by atoms with Crippen LogP contribution in [-0.2, 0) is 16.1 Å². The highest BCUT2D eigenvalue weighted by Crippen LogP contribution is 2.30. The molecule has 0 amide bonds. The number of rotatable bonds is 5. The molecule has 1 rings (SSSR count). The van der Waals surface area contributed by atoms with Gasteiger partial charge in [-0.1, -0.05) is 0 Å². The molecule has 5 nitrogen and oxygen atoms in total. The number of carbonyl (C=O) groups is 1. The normalized spacial score (nSPS) is 9.88. The Bertz CT molecular complexity index is 409. The van der Waals surface area contributed by atoms with Crippen LogP contribution in [0.1, 0.15) is 5.56 Å². The van der Waals surface area contributed by atoms with Crippen LogP contribution in [0.4, 0.5) is 0 Å². The van der Waals surface area contributed by atoms with Crippen LogP contribution in [0.5, 0.6) is 11.5 Å². The summed E-state index contributed by atoms with van der Waals surface area (Å²) in [6, 6.07) is 3.57. The van der Waals surface area contributed by atoms with Crippen LogP contribution in [0, 0.1) is 3.57 Å². The van der Waals surface area contributed by atoms with E-state index in [-0.39, 0.29) is 13.2 Å².